The van der Waals surface area contributed by atoms with Gasteiger partial charge in [0.05, 0.1) is 6.61 Å². The Morgan fingerprint density at radius 2 is 2.15 bits per heavy atom. The Hall–Kier alpha value is -1.23. The highest BCUT2D eigenvalue weighted by Gasteiger charge is 2.20. The highest BCUT2D eigenvalue weighted by molar-refractivity contribution is 5.93. The Balaban J connectivity index is 1.78. The third kappa shape index (κ3) is 4.13. The van der Waals surface area contributed by atoms with Gasteiger partial charge in [-0.25, -0.2) is 0 Å². The van der Waals surface area contributed by atoms with Crippen molar-refractivity contribution >= 4 is 5.78 Å². The number of carbonyl (C=O) groups excluding carboxylic acids is 1. The van der Waals surface area contributed by atoms with Gasteiger partial charge in [-0.3, -0.25) is 9.69 Å². The van der Waals surface area contributed by atoms with E-state index in [0.717, 1.165) is 44.6 Å². The molecule has 4 heteroatoms. The minimum atomic E-state index is 0.114. The van der Waals surface area contributed by atoms with Crippen LogP contribution in [0.1, 0.15) is 29.3 Å². The van der Waals surface area contributed by atoms with Gasteiger partial charge in [-0.05, 0) is 31.9 Å². The average molecular weight is 276 g/mol. The van der Waals surface area contributed by atoms with Crippen molar-refractivity contribution in [3.05, 3.63) is 35.4 Å². The van der Waals surface area contributed by atoms with E-state index in [-0.39, 0.29) is 18.4 Å². The molecular weight excluding hydrogens is 252 g/mol. The Kier molecular flexibility index (Phi) is 5.71. The molecule has 110 valence electrons. The lowest BCUT2D eigenvalue weighted by atomic mass is 10.0. The van der Waals surface area contributed by atoms with Gasteiger partial charge in [0, 0.05) is 31.2 Å². The number of hydrogen-bond acceptors (Lipinski definition) is 4. The summed E-state index contributed by atoms with van der Waals surface area (Å²) in [5.74, 6) is 0.114. The Labute approximate surface area is 120 Å². The van der Waals surface area contributed by atoms with Crippen LogP contribution >= 0.6 is 0 Å². The van der Waals surface area contributed by atoms with Crippen molar-refractivity contribution in [2.24, 2.45) is 0 Å². The van der Waals surface area contributed by atoms with Gasteiger partial charge >= 0.3 is 0 Å². The van der Waals surface area contributed by atoms with E-state index in [1.807, 2.05) is 24.3 Å². The van der Waals surface area contributed by atoms with Gasteiger partial charge in [-0.1, -0.05) is 24.3 Å². The Morgan fingerprint density at radius 3 is 2.80 bits per heavy atom. The van der Waals surface area contributed by atoms with E-state index in [4.69, 9.17) is 0 Å². The summed E-state index contributed by atoms with van der Waals surface area (Å²) in [6.07, 6.45) is 2.09. The summed E-state index contributed by atoms with van der Waals surface area (Å²) in [6, 6.07) is 8.14. The Bertz CT molecular complexity index is 431. The second-order valence-electron chi connectivity index (χ2n) is 5.43. The smallest absolute Gasteiger partial charge is 0.159 e. The van der Waals surface area contributed by atoms with Crippen LogP contribution in [0.3, 0.4) is 0 Å². The van der Waals surface area contributed by atoms with Gasteiger partial charge in [0.15, 0.2) is 5.78 Å². The minimum absolute atomic E-state index is 0.114. The van der Waals surface area contributed by atoms with Crippen molar-refractivity contribution in [3.8, 4) is 0 Å². The van der Waals surface area contributed by atoms with E-state index in [1.54, 1.807) is 6.92 Å². The summed E-state index contributed by atoms with van der Waals surface area (Å²) in [7, 11) is 0. The second-order valence-corrected chi connectivity index (χ2v) is 5.43. The molecule has 1 heterocycles. The number of Topliss-reactive ketones (excluding diaryl/α,β-unsaturated/α-hetero) is 1. The molecule has 1 aromatic carbocycles. The molecule has 1 saturated heterocycles. The van der Waals surface area contributed by atoms with Crippen LogP contribution in [0.5, 0.6) is 0 Å². The molecule has 0 radical (unpaired) electrons. The largest absolute Gasteiger partial charge is 0.395 e. The van der Waals surface area contributed by atoms with Crippen LogP contribution in [0.15, 0.2) is 24.3 Å². The number of aliphatic hydroxyl groups is 1. The number of nitrogens with one attached hydrogen (secondary N) is 1. The normalized spacial score (nSPS) is 20.0. The molecule has 0 aromatic heterocycles. The van der Waals surface area contributed by atoms with Crippen LogP contribution in [-0.2, 0) is 6.42 Å². The first-order chi connectivity index (χ1) is 9.70. The fraction of sp³-hybridized carbons (Fsp3) is 0.562. The third-order valence-corrected chi connectivity index (χ3v) is 3.95. The zero-order valence-electron chi connectivity index (χ0n) is 12.1. The first-order valence-corrected chi connectivity index (χ1v) is 7.36. The molecular formula is C16H24N2O2. The molecule has 1 atom stereocenters. The zero-order valence-corrected chi connectivity index (χ0v) is 12.1. The maximum Gasteiger partial charge on any atom is 0.159 e. The van der Waals surface area contributed by atoms with Crippen molar-refractivity contribution < 1.29 is 9.90 Å². The maximum atomic E-state index is 11.2. The Morgan fingerprint density at radius 1 is 1.40 bits per heavy atom. The average Bonchev–Trinajstić information content (AvgIpc) is 2.48. The monoisotopic (exact) mass is 276 g/mol. The number of rotatable bonds is 6. The second kappa shape index (κ2) is 7.53. The van der Waals surface area contributed by atoms with Crippen molar-refractivity contribution in [2.75, 3.05) is 32.8 Å². The molecule has 0 saturated carbocycles. The molecule has 0 spiro atoms. The van der Waals surface area contributed by atoms with E-state index in [1.165, 1.54) is 5.56 Å². The van der Waals surface area contributed by atoms with E-state index >= 15 is 0 Å². The maximum absolute atomic E-state index is 11.2. The lowest BCUT2D eigenvalue weighted by Crippen LogP contribution is -2.53. The zero-order chi connectivity index (χ0) is 14.4. The molecule has 0 aliphatic carbocycles. The fourth-order valence-electron chi connectivity index (χ4n) is 2.67. The standard InChI is InChI=1S/C16H24N2O2/c1-13(20)15-6-4-14(5-7-15)3-2-9-18-10-8-17-11-16(18)12-19/h4-7,16-17,19H,2-3,8-12H2,1H3. The summed E-state index contributed by atoms with van der Waals surface area (Å²) >= 11 is 0. The van der Waals surface area contributed by atoms with Crippen LogP contribution in [-0.4, -0.2) is 54.6 Å². The molecule has 1 fully saturated rings. The summed E-state index contributed by atoms with van der Waals surface area (Å²) in [5.41, 5.74) is 2.04. The topological polar surface area (TPSA) is 52.6 Å². The van der Waals surface area contributed by atoms with E-state index < -0.39 is 0 Å². The number of piperazine rings is 1. The van der Waals surface area contributed by atoms with Crippen molar-refractivity contribution in [3.63, 3.8) is 0 Å². The van der Waals surface area contributed by atoms with Crippen LogP contribution < -0.4 is 5.32 Å². The van der Waals surface area contributed by atoms with E-state index in [9.17, 15) is 9.90 Å². The number of nitrogens with zero attached hydrogens (tertiary/aromatic N) is 1. The number of aryl methyl sites for hydroxylation is 1. The minimum Gasteiger partial charge on any atom is -0.395 e. The molecule has 1 unspecified atom stereocenters. The van der Waals surface area contributed by atoms with E-state index in [0.29, 0.717) is 0 Å². The lowest BCUT2D eigenvalue weighted by Gasteiger charge is -2.35. The van der Waals surface area contributed by atoms with Gasteiger partial charge in [-0.2, -0.15) is 0 Å². The van der Waals surface area contributed by atoms with Crippen molar-refractivity contribution in [1.29, 1.82) is 0 Å². The number of hydrogen-bond donors (Lipinski definition) is 2. The van der Waals surface area contributed by atoms with Gasteiger partial charge in [0.2, 0.25) is 0 Å². The van der Waals surface area contributed by atoms with Gasteiger partial charge in [0.1, 0.15) is 0 Å². The molecule has 4 nitrogen and oxygen atoms in total. The number of ketones is 1. The fourth-order valence-corrected chi connectivity index (χ4v) is 2.67. The quantitative estimate of drug-likeness (QED) is 0.764. The van der Waals surface area contributed by atoms with Crippen LogP contribution in [0.2, 0.25) is 0 Å². The van der Waals surface area contributed by atoms with Gasteiger partial charge in [0.25, 0.3) is 0 Å². The lowest BCUT2D eigenvalue weighted by molar-refractivity contribution is 0.0997. The number of aliphatic hydroxyl groups excluding tert-OH is 1. The first kappa shape index (κ1) is 15.2. The molecule has 20 heavy (non-hydrogen) atoms. The molecule has 2 N–H and O–H groups in total. The summed E-state index contributed by atoms with van der Waals surface area (Å²) in [5, 5.41) is 12.7. The van der Waals surface area contributed by atoms with Crippen molar-refractivity contribution in [2.45, 2.75) is 25.8 Å². The van der Waals surface area contributed by atoms with Gasteiger partial charge < -0.3 is 10.4 Å². The summed E-state index contributed by atoms with van der Waals surface area (Å²) < 4.78 is 0. The molecule has 2 rings (SSSR count). The molecule has 1 aliphatic rings. The number of carbonyl (C=O) groups is 1. The summed E-state index contributed by atoms with van der Waals surface area (Å²) in [4.78, 5) is 13.6. The van der Waals surface area contributed by atoms with Crippen molar-refractivity contribution in [1.82, 2.24) is 10.2 Å². The first-order valence-electron chi connectivity index (χ1n) is 7.36. The van der Waals surface area contributed by atoms with Gasteiger partial charge in [-0.15, -0.1) is 0 Å². The number of benzene rings is 1. The van der Waals surface area contributed by atoms with Crippen LogP contribution in [0.4, 0.5) is 0 Å². The van der Waals surface area contributed by atoms with Crippen LogP contribution in [0, 0.1) is 0 Å². The predicted octanol–water partition coefficient (Wildman–Crippen LogP) is 1.09. The molecule has 0 bridgehead atoms. The molecule has 1 aliphatic heterocycles. The SMILES string of the molecule is CC(=O)c1ccc(CCCN2CCNCC2CO)cc1. The highest BCUT2D eigenvalue weighted by atomic mass is 16.3. The predicted molar refractivity (Wildman–Crippen MR) is 80.1 cm³/mol. The third-order valence-electron chi connectivity index (χ3n) is 3.95. The molecule has 0 amide bonds. The van der Waals surface area contributed by atoms with E-state index in [2.05, 4.69) is 10.2 Å². The van der Waals surface area contributed by atoms with Crippen LogP contribution in [0.25, 0.3) is 0 Å². The summed E-state index contributed by atoms with van der Waals surface area (Å²) in [6.45, 7) is 5.72. The highest BCUT2D eigenvalue weighted by Crippen LogP contribution is 2.09. The molecule has 1 aromatic rings.